The monoisotopic (exact) mass is 444 g/mol. The molecule has 158 valence electrons. The second kappa shape index (κ2) is 9.47. The van der Waals surface area contributed by atoms with Crippen LogP contribution in [0, 0.1) is 29.3 Å². The average Bonchev–Trinajstić information content (AvgIpc) is 2.75. The van der Waals surface area contributed by atoms with E-state index in [0.717, 1.165) is 36.4 Å². The average molecular weight is 444 g/mol. The zero-order chi connectivity index (χ0) is 22.4. The maximum atomic E-state index is 14.1. The Hall–Kier alpha value is -3.61. The molecule has 31 heavy (non-hydrogen) atoms. The number of hydrogen-bond acceptors (Lipinski definition) is 3. The zero-order valence-electron chi connectivity index (χ0n) is 15.8. The predicted octanol–water partition coefficient (Wildman–Crippen LogP) is 3.69. The largest absolute Gasteiger partial charge is 0.322 e. The maximum Gasteiger partial charge on any atom is 0.258 e. The van der Waals surface area contributed by atoms with Crippen LogP contribution in [0.2, 0.25) is 0 Å². The van der Waals surface area contributed by atoms with E-state index in [1.54, 1.807) is 24.3 Å². The molecule has 0 heterocycles. The van der Waals surface area contributed by atoms with E-state index in [4.69, 9.17) is 0 Å². The quantitative estimate of drug-likeness (QED) is 0.590. The number of anilines is 1. The van der Waals surface area contributed by atoms with Gasteiger partial charge >= 0.3 is 0 Å². The van der Waals surface area contributed by atoms with Crippen LogP contribution in [0.25, 0.3) is 0 Å². The molecule has 0 aliphatic rings. The number of benzene rings is 3. The Balaban J connectivity index is 1.75. The Labute approximate surface area is 177 Å². The van der Waals surface area contributed by atoms with Crippen LogP contribution < -0.4 is 10.0 Å². The fourth-order valence-corrected chi connectivity index (χ4v) is 3.45. The first-order valence-corrected chi connectivity index (χ1v) is 10.3. The van der Waals surface area contributed by atoms with Gasteiger partial charge in [-0.2, -0.15) is 4.72 Å². The number of hydrogen-bond donors (Lipinski definition) is 2. The number of rotatable bonds is 5. The van der Waals surface area contributed by atoms with Gasteiger partial charge in [0.2, 0.25) is 10.0 Å². The summed E-state index contributed by atoms with van der Waals surface area (Å²) in [5, 5.41) is 2.19. The van der Waals surface area contributed by atoms with Crippen LogP contribution in [-0.2, 0) is 10.0 Å². The lowest BCUT2D eigenvalue weighted by Crippen LogP contribution is -2.25. The van der Waals surface area contributed by atoms with E-state index in [9.17, 15) is 26.4 Å². The van der Waals surface area contributed by atoms with Gasteiger partial charge in [-0.15, -0.1) is 0 Å². The first-order chi connectivity index (χ1) is 14.8. The predicted molar refractivity (Wildman–Crippen MR) is 109 cm³/mol. The van der Waals surface area contributed by atoms with Gasteiger partial charge in [-0.25, -0.2) is 21.6 Å². The summed E-state index contributed by atoms with van der Waals surface area (Å²) in [4.78, 5) is 12.0. The molecule has 0 spiro atoms. The third-order valence-corrected chi connectivity index (χ3v) is 5.43. The van der Waals surface area contributed by atoms with E-state index in [0.29, 0.717) is 5.56 Å². The molecule has 0 aromatic heterocycles. The molecule has 9 heteroatoms. The number of nitrogens with one attached hydrogen (secondary N) is 2. The van der Waals surface area contributed by atoms with Crippen LogP contribution in [0.4, 0.5) is 18.9 Å². The van der Waals surface area contributed by atoms with Gasteiger partial charge in [0, 0.05) is 17.3 Å². The van der Waals surface area contributed by atoms with Gasteiger partial charge in [0.1, 0.15) is 5.82 Å². The molecule has 0 saturated heterocycles. The standard InChI is InChI=1S/C22H15F3N2O3S/c23-19-11-9-17(31(29,30)26-12-4-7-15-5-2-1-3-6-15)14-18(19)22(28)27-16-8-10-20(24)21(25)13-16/h1-3,5-6,8-11,13-14,26H,12H2,(H,27,28). The van der Waals surface area contributed by atoms with Crippen molar-refractivity contribution < 1.29 is 26.4 Å². The van der Waals surface area contributed by atoms with E-state index in [2.05, 4.69) is 21.9 Å². The summed E-state index contributed by atoms with van der Waals surface area (Å²) in [6.07, 6.45) is 0. The summed E-state index contributed by atoms with van der Waals surface area (Å²) in [5.74, 6) is 1.13. The third kappa shape index (κ3) is 5.72. The summed E-state index contributed by atoms with van der Waals surface area (Å²) in [6.45, 7) is -0.203. The van der Waals surface area contributed by atoms with Gasteiger partial charge in [0.25, 0.3) is 5.91 Å². The van der Waals surface area contributed by atoms with Gasteiger partial charge in [-0.1, -0.05) is 30.0 Å². The highest BCUT2D eigenvalue weighted by Crippen LogP contribution is 2.18. The van der Waals surface area contributed by atoms with Crippen LogP contribution in [-0.4, -0.2) is 20.9 Å². The molecular formula is C22H15F3N2O3S. The number of amides is 1. The lowest BCUT2D eigenvalue weighted by Gasteiger charge is -2.09. The summed E-state index contributed by atoms with van der Waals surface area (Å²) in [5.41, 5.74) is 0.00789. The molecular weight excluding hydrogens is 429 g/mol. The number of carbonyl (C=O) groups excluding carboxylic acids is 1. The molecule has 0 atom stereocenters. The van der Waals surface area contributed by atoms with E-state index < -0.39 is 38.9 Å². The Morgan fingerprint density at radius 3 is 2.29 bits per heavy atom. The molecule has 0 aliphatic heterocycles. The van der Waals surface area contributed by atoms with Crippen LogP contribution in [0.15, 0.2) is 71.6 Å². The number of halogens is 3. The summed E-state index contributed by atoms with van der Waals surface area (Å²) in [7, 11) is -4.08. The molecule has 0 saturated carbocycles. The summed E-state index contributed by atoms with van der Waals surface area (Å²) < 4.78 is 67.5. The van der Waals surface area contributed by atoms with Crippen molar-refractivity contribution >= 4 is 21.6 Å². The number of sulfonamides is 1. The van der Waals surface area contributed by atoms with Crippen LogP contribution in [0.3, 0.4) is 0 Å². The molecule has 3 aromatic carbocycles. The SMILES string of the molecule is O=C(Nc1ccc(F)c(F)c1)c1cc(S(=O)(=O)NCC#Cc2ccccc2)ccc1F. The molecule has 0 radical (unpaired) electrons. The lowest BCUT2D eigenvalue weighted by molar-refractivity contribution is 0.102. The van der Waals surface area contributed by atoms with Crippen molar-refractivity contribution in [1.29, 1.82) is 0 Å². The van der Waals surface area contributed by atoms with Crippen LogP contribution in [0.1, 0.15) is 15.9 Å². The highest BCUT2D eigenvalue weighted by atomic mass is 32.2. The Kier molecular flexibility index (Phi) is 6.74. The van der Waals surface area contributed by atoms with Gasteiger partial charge < -0.3 is 5.32 Å². The van der Waals surface area contributed by atoms with Gasteiger partial charge in [0.05, 0.1) is 17.0 Å². The fraction of sp³-hybridized carbons (Fsp3) is 0.0455. The first-order valence-electron chi connectivity index (χ1n) is 8.86. The van der Waals surface area contributed by atoms with Crippen molar-refractivity contribution in [3.05, 3.63) is 95.3 Å². The van der Waals surface area contributed by atoms with E-state index in [1.165, 1.54) is 0 Å². The second-order valence-electron chi connectivity index (χ2n) is 6.22. The number of carbonyl (C=O) groups is 1. The fourth-order valence-electron chi connectivity index (χ4n) is 2.50. The van der Waals surface area contributed by atoms with Gasteiger partial charge in [-0.05, 0) is 42.5 Å². The third-order valence-electron chi connectivity index (χ3n) is 4.03. The molecule has 3 aromatic rings. The Bertz CT molecular complexity index is 1280. The Morgan fingerprint density at radius 2 is 1.58 bits per heavy atom. The van der Waals surface area contributed by atoms with Crippen molar-refractivity contribution in [3.8, 4) is 11.8 Å². The normalized spacial score (nSPS) is 10.8. The van der Waals surface area contributed by atoms with Crippen molar-refractivity contribution in [1.82, 2.24) is 4.72 Å². The molecule has 1 amide bonds. The smallest absolute Gasteiger partial charge is 0.258 e. The molecule has 0 fully saturated rings. The highest BCUT2D eigenvalue weighted by molar-refractivity contribution is 7.89. The summed E-state index contributed by atoms with van der Waals surface area (Å²) in [6, 6.07) is 14.2. The highest BCUT2D eigenvalue weighted by Gasteiger charge is 2.19. The summed E-state index contributed by atoms with van der Waals surface area (Å²) >= 11 is 0. The van der Waals surface area contributed by atoms with Crippen LogP contribution >= 0.6 is 0 Å². The first kappa shape index (κ1) is 22.1. The Morgan fingerprint density at radius 1 is 0.871 bits per heavy atom. The van der Waals surface area contributed by atoms with Crippen LogP contribution in [0.5, 0.6) is 0 Å². The molecule has 5 nitrogen and oxygen atoms in total. The van der Waals surface area contributed by atoms with Crippen molar-refractivity contribution in [3.63, 3.8) is 0 Å². The van der Waals surface area contributed by atoms with Crippen molar-refractivity contribution in [2.75, 3.05) is 11.9 Å². The lowest BCUT2D eigenvalue weighted by atomic mass is 10.2. The van der Waals surface area contributed by atoms with Crippen molar-refractivity contribution in [2.45, 2.75) is 4.90 Å². The molecule has 2 N–H and O–H groups in total. The van der Waals surface area contributed by atoms with E-state index in [1.807, 2.05) is 6.07 Å². The minimum atomic E-state index is -4.08. The minimum absolute atomic E-state index is 0.120. The molecule has 0 aliphatic carbocycles. The molecule has 0 bridgehead atoms. The second-order valence-corrected chi connectivity index (χ2v) is 7.98. The van der Waals surface area contributed by atoms with Crippen molar-refractivity contribution in [2.24, 2.45) is 0 Å². The maximum absolute atomic E-state index is 14.1. The zero-order valence-corrected chi connectivity index (χ0v) is 16.6. The van der Waals surface area contributed by atoms with E-state index in [-0.39, 0.29) is 17.1 Å². The molecule has 3 rings (SSSR count). The topological polar surface area (TPSA) is 75.3 Å². The van der Waals surface area contributed by atoms with E-state index >= 15 is 0 Å². The molecule has 0 unspecified atom stereocenters. The van der Waals surface area contributed by atoms with Gasteiger partial charge in [0.15, 0.2) is 11.6 Å². The minimum Gasteiger partial charge on any atom is -0.322 e. The van der Waals surface area contributed by atoms with Gasteiger partial charge in [-0.3, -0.25) is 4.79 Å².